The van der Waals surface area contributed by atoms with Crippen molar-refractivity contribution in [2.24, 2.45) is 0 Å². The monoisotopic (exact) mass is 463 g/mol. The molecule has 1 amide bonds. The van der Waals surface area contributed by atoms with Gasteiger partial charge in [0.1, 0.15) is 17.9 Å². The molecular weight excluding hydrogens is 442 g/mol. The lowest BCUT2D eigenvalue weighted by Gasteiger charge is -2.13. The predicted molar refractivity (Wildman–Crippen MR) is 124 cm³/mol. The highest BCUT2D eigenvalue weighted by Crippen LogP contribution is 2.23. The van der Waals surface area contributed by atoms with Gasteiger partial charge in [-0.1, -0.05) is 6.07 Å². The van der Waals surface area contributed by atoms with E-state index in [1.807, 2.05) is 0 Å². The van der Waals surface area contributed by atoms with Gasteiger partial charge in [-0.15, -0.1) is 0 Å². The average molecular weight is 464 g/mol. The minimum atomic E-state index is -3.92. The van der Waals surface area contributed by atoms with Gasteiger partial charge in [0, 0.05) is 23.6 Å². The number of anilines is 2. The zero-order valence-electron chi connectivity index (χ0n) is 17.9. The lowest BCUT2D eigenvalue weighted by atomic mass is 10.1. The van der Waals surface area contributed by atoms with Crippen molar-refractivity contribution in [1.82, 2.24) is 14.5 Å². The number of aryl methyl sites for hydroxylation is 1. The number of nitrogens with one attached hydrogen (secondary N) is 2. The van der Waals surface area contributed by atoms with E-state index in [2.05, 4.69) is 20.0 Å². The first-order valence-electron chi connectivity index (χ1n) is 9.89. The molecule has 4 aromatic rings. The summed E-state index contributed by atoms with van der Waals surface area (Å²) in [6, 6.07) is 14.5. The summed E-state index contributed by atoms with van der Waals surface area (Å²) in [6.45, 7) is 1.67. The van der Waals surface area contributed by atoms with Gasteiger partial charge in [0.05, 0.1) is 23.9 Å². The summed E-state index contributed by atoms with van der Waals surface area (Å²) in [6.07, 6.45) is 6.54. The highest BCUT2D eigenvalue weighted by Gasteiger charge is 2.20. The fourth-order valence-corrected chi connectivity index (χ4v) is 4.44. The first kappa shape index (κ1) is 22.0. The Morgan fingerprint density at radius 2 is 1.79 bits per heavy atom. The normalized spacial score (nSPS) is 11.1. The molecular formula is C23H21N5O4S. The molecule has 0 aliphatic rings. The van der Waals surface area contributed by atoms with Crippen molar-refractivity contribution >= 4 is 27.3 Å². The van der Waals surface area contributed by atoms with Crippen LogP contribution in [0.5, 0.6) is 5.75 Å². The summed E-state index contributed by atoms with van der Waals surface area (Å²) in [5.74, 6) is 0.812. The second kappa shape index (κ2) is 9.13. The third-order valence-electron chi connectivity index (χ3n) is 4.86. The summed E-state index contributed by atoms with van der Waals surface area (Å²) in [5.41, 5.74) is 1.58. The summed E-state index contributed by atoms with van der Waals surface area (Å²) in [4.78, 5) is 21.0. The van der Waals surface area contributed by atoms with Crippen molar-refractivity contribution in [2.45, 2.75) is 11.8 Å². The standard InChI is InChI=1S/C23H21N5O4S/c1-16-3-4-17(13-21(16)33(30,31)27-18-5-8-20(32-2)9-6-18)23(29)26-19-7-10-22(25-14-19)28-12-11-24-15-28/h3-15,27H,1-2H3,(H,26,29). The van der Waals surface area contributed by atoms with Crippen LogP contribution in [0.1, 0.15) is 15.9 Å². The smallest absolute Gasteiger partial charge is 0.262 e. The summed E-state index contributed by atoms with van der Waals surface area (Å²) in [7, 11) is -2.38. The van der Waals surface area contributed by atoms with Gasteiger partial charge in [-0.3, -0.25) is 14.1 Å². The van der Waals surface area contributed by atoms with Crippen LogP contribution >= 0.6 is 0 Å². The Labute approximate surface area is 191 Å². The topological polar surface area (TPSA) is 115 Å². The molecule has 10 heteroatoms. The number of ether oxygens (including phenoxy) is 1. The predicted octanol–water partition coefficient (Wildman–Crippen LogP) is 3.64. The third-order valence-corrected chi connectivity index (χ3v) is 6.38. The van der Waals surface area contributed by atoms with E-state index in [0.29, 0.717) is 28.5 Å². The van der Waals surface area contributed by atoms with E-state index in [0.717, 1.165) is 0 Å². The van der Waals surface area contributed by atoms with Crippen molar-refractivity contribution in [3.8, 4) is 11.6 Å². The molecule has 4 rings (SSSR count). The summed E-state index contributed by atoms with van der Waals surface area (Å²) in [5, 5.41) is 2.74. The Morgan fingerprint density at radius 1 is 1.03 bits per heavy atom. The molecule has 0 spiro atoms. The number of aromatic nitrogens is 3. The molecule has 33 heavy (non-hydrogen) atoms. The number of sulfonamides is 1. The van der Waals surface area contributed by atoms with Gasteiger partial charge in [0.25, 0.3) is 15.9 Å². The van der Waals surface area contributed by atoms with Gasteiger partial charge in [-0.05, 0) is 61.0 Å². The third kappa shape index (κ3) is 5.01. The molecule has 0 unspecified atom stereocenters. The van der Waals surface area contributed by atoms with Crippen LogP contribution in [0.4, 0.5) is 11.4 Å². The highest BCUT2D eigenvalue weighted by molar-refractivity contribution is 7.92. The Morgan fingerprint density at radius 3 is 2.42 bits per heavy atom. The summed E-state index contributed by atoms with van der Waals surface area (Å²) >= 11 is 0. The molecule has 0 atom stereocenters. The van der Waals surface area contributed by atoms with Crippen LogP contribution in [0.3, 0.4) is 0 Å². The van der Waals surface area contributed by atoms with E-state index in [1.165, 1.54) is 19.4 Å². The van der Waals surface area contributed by atoms with Gasteiger partial charge in [0.15, 0.2) is 0 Å². The van der Waals surface area contributed by atoms with Gasteiger partial charge in [0.2, 0.25) is 0 Å². The number of benzene rings is 2. The van der Waals surface area contributed by atoms with Crippen molar-refractivity contribution in [2.75, 3.05) is 17.1 Å². The van der Waals surface area contributed by atoms with Crippen molar-refractivity contribution in [1.29, 1.82) is 0 Å². The number of imidazole rings is 1. The number of amides is 1. The van der Waals surface area contributed by atoms with Gasteiger partial charge in [-0.25, -0.2) is 18.4 Å². The van der Waals surface area contributed by atoms with Crippen LogP contribution in [0.2, 0.25) is 0 Å². The van der Waals surface area contributed by atoms with E-state index in [9.17, 15) is 13.2 Å². The molecule has 9 nitrogen and oxygen atoms in total. The molecule has 0 aliphatic heterocycles. The number of carbonyl (C=O) groups excluding carboxylic acids is 1. The Bertz CT molecular complexity index is 1370. The Hall–Kier alpha value is -4.18. The number of hydrogen-bond donors (Lipinski definition) is 2. The SMILES string of the molecule is COc1ccc(NS(=O)(=O)c2cc(C(=O)Nc3ccc(-n4ccnc4)nc3)ccc2C)cc1. The van der Waals surface area contributed by atoms with Crippen molar-refractivity contribution in [3.05, 3.63) is 90.6 Å². The fourth-order valence-electron chi connectivity index (χ4n) is 3.11. The maximum atomic E-state index is 13.0. The zero-order valence-corrected chi connectivity index (χ0v) is 18.7. The molecule has 2 N–H and O–H groups in total. The number of rotatable bonds is 7. The Kier molecular flexibility index (Phi) is 6.09. The molecule has 0 saturated carbocycles. The minimum Gasteiger partial charge on any atom is -0.497 e. The zero-order chi connectivity index (χ0) is 23.4. The average Bonchev–Trinajstić information content (AvgIpc) is 3.35. The van der Waals surface area contributed by atoms with E-state index < -0.39 is 15.9 Å². The number of pyridine rings is 1. The maximum Gasteiger partial charge on any atom is 0.262 e. The lowest BCUT2D eigenvalue weighted by Crippen LogP contribution is -2.17. The minimum absolute atomic E-state index is 0.0135. The molecule has 0 radical (unpaired) electrons. The van der Waals surface area contributed by atoms with E-state index >= 15 is 0 Å². The lowest BCUT2D eigenvalue weighted by molar-refractivity contribution is 0.102. The quantitative estimate of drug-likeness (QED) is 0.432. The van der Waals surface area contributed by atoms with Crippen molar-refractivity contribution in [3.63, 3.8) is 0 Å². The van der Waals surface area contributed by atoms with Crippen molar-refractivity contribution < 1.29 is 17.9 Å². The van der Waals surface area contributed by atoms with E-state index in [-0.39, 0.29) is 10.5 Å². The van der Waals surface area contributed by atoms with Crippen LogP contribution < -0.4 is 14.8 Å². The van der Waals surface area contributed by atoms with Gasteiger partial charge >= 0.3 is 0 Å². The van der Waals surface area contributed by atoms with Crippen LogP contribution in [0, 0.1) is 6.92 Å². The molecule has 2 heterocycles. The van der Waals surface area contributed by atoms with Crippen LogP contribution in [0.15, 0.2) is 84.4 Å². The molecule has 0 aliphatic carbocycles. The molecule has 168 valence electrons. The van der Waals surface area contributed by atoms with Gasteiger partial charge in [-0.2, -0.15) is 0 Å². The van der Waals surface area contributed by atoms with E-state index in [4.69, 9.17) is 4.74 Å². The Balaban J connectivity index is 1.52. The second-order valence-corrected chi connectivity index (χ2v) is 8.79. The number of methoxy groups -OCH3 is 1. The molecule has 0 bridgehead atoms. The maximum absolute atomic E-state index is 13.0. The fraction of sp³-hybridized carbons (Fsp3) is 0.0870. The molecule has 0 fully saturated rings. The van der Waals surface area contributed by atoms with Gasteiger partial charge < -0.3 is 10.1 Å². The van der Waals surface area contributed by atoms with Crippen LogP contribution in [-0.4, -0.2) is 36.0 Å². The second-order valence-electron chi connectivity index (χ2n) is 7.14. The summed E-state index contributed by atoms with van der Waals surface area (Å²) < 4.78 is 35.3. The van der Waals surface area contributed by atoms with E-state index in [1.54, 1.807) is 78.7 Å². The first-order valence-corrected chi connectivity index (χ1v) is 11.4. The van der Waals surface area contributed by atoms with Crippen LogP contribution in [0.25, 0.3) is 5.82 Å². The van der Waals surface area contributed by atoms with Crippen LogP contribution in [-0.2, 0) is 10.0 Å². The first-order chi connectivity index (χ1) is 15.9. The largest absolute Gasteiger partial charge is 0.497 e. The molecule has 2 aromatic heterocycles. The number of carbonyl (C=O) groups is 1. The number of nitrogens with zero attached hydrogens (tertiary/aromatic N) is 3. The molecule has 2 aromatic carbocycles. The highest BCUT2D eigenvalue weighted by atomic mass is 32.2. The molecule has 0 saturated heterocycles. The number of hydrogen-bond acceptors (Lipinski definition) is 6.